The molecule has 0 bridgehead atoms. The van der Waals surface area contributed by atoms with Gasteiger partial charge in [-0.25, -0.2) is 5.43 Å². The average Bonchev–Trinajstić information content (AvgIpc) is 2.74. The second kappa shape index (κ2) is 9.03. The number of hydrogen-bond donors (Lipinski definition) is 1. The van der Waals surface area contributed by atoms with Gasteiger partial charge in [0, 0.05) is 30.2 Å². The van der Waals surface area contributed by atoms with E-state index in [9.17, 15) is 4.79 Å². The lowest BCUT2D eigenvalue weighted by Gasteiger charge is -2.28. The Morgan fingerprint density at radius 1 is 1.03 bits per heavy atom. The number of benzene rings is 3. The summed E-state index contributed by atoms with van der Waals surface area (Å²) in [6.45, 7) is 2.90. The van der Waals surface area contributed by atoms with Gasteiger partial charge >= 0.3 is 0 Å². The second-order valence-electron chi connectivity index (χ2n) is 7.18. The van der Waals surface area contributed by atoms with Gasteiger partial charge in [0.25, 0.3) is 5.91 Å². The highest BCUT2D eigenvalue weighted by Crippen LogP contribution is 2.20. The van der Waals surface area contributed by atoms with Gasteiger partial charge in [-0.15, -0.1) is 0 Å². The highest BCUT2D eigenvalue weighted by atomic mass is 35.5. The first-order valence-corrected chi connectivity index (χ1v) is 10.0. The van der Waals surface area contributed by atoms with Gasteiger partial charge in [0.2, 0.25) is 0 Å². The van der Waals surface area contributed by atoms with Crippen molar-refractivity contribution in [2.75, 3.05) is 6.54 Å². The minimum Gasteiger partial charge on any atom is -0.294 e. The van der Waals surface area contributed by atoms with Gasteiger partial charge in [-0.1, -0.05) is 60.1 Å². The molecule has 0 saturated heterocycles. The minimum absolute atomic E-state index is 0.235. The summed E-state index contributed by atoms with van der Waals surface area (Å²) >= 11 is 5.94. The third-order valence-electron chi connectivity index (χ3n) is 5.06. The maximum absolute atomic E-state index is 12.3. The molecule has 5 heteroatoms. The summed E-state index contributed by atoms with van der Waals surface area (Å²) in [6.07, 6.45) is 2.66. The zero-order valence-corrected chi connectivity index (χ0v) is 16.8. The van der Waals surface area contributed by atoms with Crippen LogP contribution in [0.2, 0.25) is 5.02 Å². The van der Waals surface area contributed by atoms with Crippen molar-refractivity contribution in [1.82, 2.24) is 10.3 Å². The zero-order valence-electron chi connectivity index (χ0n) is 16.0. The average molecular weight is 404 g/mol. The standard InChI is InChI=1S/C24H22ClN3O/c25-23-7-3-4-19(14-23)15-26-27-24(29)21-10-8-18(9-11-21)16-28-13-12-20-5-1-2-6-22(20)17-28/h1-11,14-15H,12-13,16-17H2,(H,27,29)/b26-15-. The van der Waals surface area contributed by atoms with E-state index in [0.29, 0.717) is 10.6 Å². The summed E-state index contributed by atoms with van der Waals surface area (Å²) in [7, 11) is 0. The predicted octanol–water partition coefficient (Wildman–Crippen LogP) is 4.66. The molecule has 29 heavy (non-hydrogen) atoms. The smallest absolute Gasteiger partial charge is 0.271 e. The van der Waals surface area contributed by atoms with Gasteiger partial charge in [0.15, 0.2) is 0 Å². The Balaban J connectivity index is 1.32. The van der Waals surface area contributed by atoms with E-state index in [2.05, 4.69) is 39.7 Å². The van der Waals surface area contributed by atoms with Crippen molar-refractivity contribution in [3.8, 4) is 0 Å². The number of rotatable bonds is 5. The van der Waals surface area contributed by atoms with Crippen molar-refractivity contribution in [2.45, 2.75) is 19.5 Å². The molecule has 0 atom stereocenters. The molecular formula is C24H22ClN3O. The number of hydrogen-bond acceptors (Lipinski definition) is 3. The van der Waals surface area contributed by atoms with Crippen LogP contribution in [-0.4, -0.2) is 23.6 Å². The van der Waals surface area contributed by atoms with E-state index in [1.54, 1.807) is 18.3 Å². The van der Waals surface area contributed by atoms with Gasteiger partial charge in [0.1, 0.15) is 0 Å². The number of hydrazone groups is 1. The van der Waals surface area contributed by atoms with E-state index in [0.717, 1.165) is 31.6 Å². The minimum atomic E-state index is -0.235. The van der Waals surface area contributed by atoms with Crippen molar-refractivity contribution in [3.63, 3.8) is 0 Å². The van der Waals surface area contributed by atoms with E-state index >= 15 is 0 Å². The molecule has 146 valence electrons. The summed E-state index contributed by atoms with van der Waals surface area (Å²) in [4.78, 5) is 14.7. The van der Waals surface area contributed by atoms with Crippen LogP contribution in [0.15, 0.2) is 77.9 Å². The van der Waals surface area contributed by atoms with Crippen LogP contribution in [0.1, 0.15) is 32.6 Å². The van der Waals surface area contributed by atoms with Crippen molar-refractivity contribution in [3.05, 3.63) is 106 Å². The molecule has 3 aromatic rings. The van der Waals surface area contributed by atoms with E-state index in [-0.39, 0.29) is 5.91 Å². The zero-order chi connectivity index (χ0) is 20.1. The van der Waals surface area contributed by atoms with Crippen LogP contribution in [0.25, 0.3) is 0 Å². The van der Waals surface area contributed by atoms with E-state index in [1.807, 2.05) is 36.4 Å². The van der Waals surface area contributed by atoms with Crippen LogP contribution >= 0.6 is 11.6 Å². The Morgan fingerprint density at radius 3 is 2.62 bits per heavy atom. The molecule has 0 saturated carbocycles. The first-order chi connectivity index (χ1) is 14.2. The Hall–Kier alpha value is -2.95. The number of carbonyl (C=O) groups excluding carboxylic acids is 1. The van der Waals surface area contributed by atoms with Gasteiger partial charge in [-0.2, -0.15) is 5.10 Å². The molecule has 4 rings (SSSR count). The summed E-state index contributed by atoms with van der Waals surface area (Å²) < 4.78 is 0. The number of nitrogens with one attached hydrogen (secondary N) is 1. The molecule has 0 aliphatic carbocycles. The lowest BCUT2D eigenvalue weighted by molar-refractivity contribution is 0.0955. The van der Waals surface area contributed by atoms with Crippen molar-refractivity contribution in [2.24, 2.45) is 5.10 Å². The van der Waals surface area contributed by atoms with E-state index < -0.39 is 0 Å². The summed E-state index contributed by atoms with van der Waals surface area (Å²) in [5.74, 6) is -0.235. The maximum atomic E-state index is 12.3. The molecular weight excluding hydrogens is 382 g/mol. The predicted molar refractivity (Wildman–Crippen MR) is 117 cm³/mol. The second-order valence-corrected chi connectivity index (χ2v) is 7.62. The van der Waals surface area contributed by atoms with Gasteiger partial charge in [-0.05, 0) is 52.9 Å². The normalized spacial score (nSPS) is 14.0. The largest absolute Gasteiger partial charge is 0.294 e. The third-order valence-corrected chi connectivity index (χ3v) is 5.30. The quantitative estimate of drug-likeness (QED) is 0.497. The molecule has 0 spiro atoms. The fraction of sp³-hybridized carbons (Fsp3) is 0.167. The summed E-state index contributed by atoms with van der Waals surface area (Å²) in [5, 5.41) is 4.64. The summed E-state index contributed by atoms with van der Waals surface area (Å²) in [5.41, 5.74) is 8.03. The SMILES string of the molecule is O=C(N/N=C\c1cccc(Cl)c1)c1ccc(CN2CCc3ccccc3C2)cc1. The molecule has 0 aromatic heterocycles. The molecule has 0 fully saturated rings. The third kappa shape index (κ3) is 5.11. The first-order valence-electron chi connectivity index (χ1n) is 9.64. The molecule has 0 unspecified atom stereocenters. The van der Waals surface area contributed by atoms with E-state index in [4.69, 9.17) is 11.6 Å². The number of nitrogens with zero attached hydrogens (tertiary/aromatic N) is 2. The lowest BCUT2D eigenvalue weighted by Crippen LogP contribution is -2.30. The van der Waals surface area contributed by atoms with Crippen molar-refractivity contribution >= 4 is 23.7 Å². The van der Waals surface area contributed by atoms with Crippen molar-refractivity contribution < 1.29 is 4.79 Å². The van der Waals surface area contributed by atoms with Crippen LogP contribution < -0.4 is 5.43 Å². The monoisotopic (exact) mass is 403 g/mol. The number of carbonyl (C=O) groups is 1. The van der Waals surface area contributed by atoms with Crippen LogP contribution in [0, 0.1) is 0 Å². The van der Waals surface area contributed by atoms with Crippen molar-refractivity contribution in [1.29, 1.82) is 0 Å². The molecule has 1 amide bonds. The van der Waals surface area contributed by atoms with Gasteiger partial charge < -0.3 is 0 Å². The molecule has 1 heterocycles. The Morgan fingerprint density at radius 2 is 1.83 bits per heavy atom. The molecule has 1 aliphatic heterocycles. The van der Waals surface area contributed by atoms with Crippen LogP contribution in [0.4, 0.5) is 0 Å². The highest BCUT2D eigenvalue weighted by molar-refractivity contribution is 6.30. The molecule has 4 nitrogen and oxygen atoms in total. The number of halogens is 1. The molecule has 1 N–H and O–H groups in total. The van der Waals surface area contributed by atoms with E-state index in [1.165, 1.54) is 16.7 Å². The number of fused-ring (bicyclic) bond motifs is 1. The maximum Gasteiger partial charge on any atom is 0.271 e. The first kappa shape index (κ1) is 19.4. The van der Waals surface area contributed by atoms with Gasteiger partial charge in [0.05, 0.1) is 6.21 Å². The Labute approximate surface area is 175 Å². The lowest BCUT2D eigenvalue weighted by atomic mass is 9.99. The molecule has 3 aromatic carbocycles. The number of amides is 1. The Bertz CT molecular complexity index is 1030. The van der Waals surface area contributed by atoms with Crippen LogP contribution in [0.3, 0.4) is 0 Å². The highest BCUT2D eigenvalue weighted by Gasteiger charge is 2.15. The molecule has 0 radical (unpaired) electrons. The fourth-order valence-corrected chi connectivity index (χ4v) is 3.72. The Kier molecular flexibility index (Phi) is 6.03. The van der Waals surface area contributed by atoms with Gasteiger partial charge in [-0.3, -0.25) is 9.69 Å². The topological polar surface area (TPSA) is 44.7 Å². The van der Waals surface area contributed by atoms with Crippen LogP contribution in [-0.2, 0) is 19.5 Å². The molecule has 1 aliphatic rings. The fourth-order valence-electron chi connectivity index (χ4n) is 3.53. The van der Waals surface area contributed by atoms with Crippen LogP contribution in [0.5, 0.6) is 0 Å². The summed E-state index contributed by atoms with van der Waals surface area (Å²) in [6, 6.07) is 23.6.